The summed E-state index contributed by atoms with van der Waals surface area (Å²) >= 11 is 9.59. The summed E-state index contributed by atoms with van der Waals surface area (Å²) in [5.41, 5.74) is 1.56. The molecule has 24 heavy (non-hydrogen) atoms. The first-order valence-corrected chi connectivity index (χ1v) is 8.42. The molecule has 126 valence electrons. The fourth-order valence-corrected chi connectivity index (χ4v) is 2.78. The van der Waals surface area contributed by atoms with E-state index in [0.29, 0.717) is 39.8 Å². The van der Waals surface area contributed by atoms with Gasteiger partial charge in [0, 0.05) is 16.7 Å². The van der Waals surface area contributed by atoms with Crippen LogP contribution < -0.4 is 9.47 Å². The van der Waals surface area contributed by atoms with Gasteiger partial charge in [-0.3, -0.25) is 0 Å². The van der Waals surface area contributed by atoms with Crippen LogP contribution in [0.25, 0.3) is 6.08 Å². The van der Waals surface area contributed by atoms with Gasteiger partial charge in [-0.15, -0.1) is 0 Å². The molecule has 2 aromatic carbocycles. The number of carbonyl (C=O) groups is 1. The molecule has 0 aliphatic carbocycles. The molecule has 2 rings (SSSR count). The highest BCUT2D eigenvalue weighted by Gasteiger charge is 2.12. The first kappa shape index (κ1) is 18.4. The Morgan fingerprint density at radius 2 is 2.04 bits per heavy atom. The van der Waals surface area contributed by atoms with Gasteiger partial charge in [-0.05, 0) is 52.7 Å². The highest BCUT2D eigenvalue weighted by molar-refractivity contribution is 9.10. The summed E-state index contributed by atoms with van der Waals surface area (Å²) in [5, 5.41) is 9.37. The van der Waals surface area contributed by atoms with Gasteiger partial charge >= 0.3 is 5.97 Å². The predicted octanol–water partition coefficient (Wildman–Crippen LogP) is 5.18. The van der Waals surface area contributed by atoms with E-state index in [1.165, 1.54) is 6.08 Å². The monoisotopic (exact) mass is 410 g/mol. The third-order valence-corrected chi connectivity index (χ3v) is 4.04. The lowest BCUT2D eigenvalue weighted by Gasteiger charge is -2.15. The molecule has 4 nitrogen and oxygen atoms in total. The van der Waals surface area contributed by atoms with Crippen LogP contribution in [0.3, 0.4) is 0 Å². The van der Waals surface area contributed by atoms with E-state index in [4.69, 9.17) is 26.2 Å². The van der Waals surface area contributed by atoms with E-state index < -0.39 is 5.97 Å². The highest BCUT2D eigenvalue weighted by Crippen LogP contribution is 2.38. The first-order valence-electron chi connectivity index (χ1n) is 7.24. The number of carboxylic acid groups (broad SMARTS) is 1. The lowest BCUT2D eigenvalue weighted by atomic mass is 10.2. The van der Waals surface area contributed by atoms with Gasteiger partial charge < -0.3 is 14.6 Å². The number of rotatable bonds is 7. The summed E-state index contributed by atoms with van der Waals surface area (Å²) in [6.07, 6.45) is 2.56. The molecule has 2 aromatic rings. The normalized spacial score (nSPS) is 10.8. The van der Waals surface area contributed by atoms with Crippen molar-refractivity contribution in [2.45, 2.75) is 13.5 Å². The van der Waals surface area contributed by atoms with Crippen molar-refractivity contribution in [3.8, 4) is 11.5 Å². The molecule has 0 saturated heterocycles. The predicted molar refractivity (Wildman–Crippen MR) is 97.8 cm³/mol. The lowest BCUT2D eigenvalue weighted by molar-refractivity contribution is -0.131. The van der Waals surface area contributed by atoms with Crippen molar-refractivity contribution in [2.24, 2.45) is 0 Å². The zero-order chi connectivity index (χ0) is 17.5. The summed E-state index contributed by atoms with van der Waals surface area (Å²) in [4.78, 5) is 10.7. The van der Waals surface area contributed by atoms with Gasteiger partial charge in [-0.2, -0.15) is 0 Å². The van der Waals surface area contributed by atoms with E-state index in [0.717, 1.165) is 11.6 Å². The van der Waals surface area contributed by atoms with E-state index in [1.54, 1.807) is 18.2 Å². The Morgan fingerprint density at radius 1 is 1.29 bits per heavy atom. The molecule has 6 heteroatoms. The van der Waals surface area contributed by atoms with Crippen LogP contribution in [-0.4, -0.2) is 17.7 Å². The van der Waals surface area contributed by atoms with Gasteiger partial charge in [0.2, 0.25) is 0 Å². The molecule has 0 aliphatic heterocycles. The Labute approximate surface area is 153 Å². The van der Waals surface area contributed by atoms with E-state index in [-0.39, 0.29) is 0 Å². The van der Waals surface area contributed by atoms with Crippen LogP contribution in [0.1, 0.15) is 18.1 Å². The van der Waals surface area contributed by atoms with Crippen molar-refractivity contribution in [3.05, 3.63) is 63.1 Å². The van der Waals surface area contributed by atoms with Crippen LogP contribution in [-0.2, 0) is 11.4 Å². The van der Waals surface area contributed by atoms with Crippen LogP contribution in [0.5, 0.6) is 11.5 Å². The maximum absolute atomic E-state index is 10.7. The molecule has 0 aromatic heterocycles. The Balaban J connectivity index is 2.27. The van der Waals surface area contributed by atoms with Crippen molar-refractivity contribution < 1.29 is 19.4 Å². The van der Waals surface area contributed by atoms with Gasteiger partial charge in [0.05, 0.1) is 11.1 Å². The quantitative estimate of drug-likeness (QED) is 0.638. The molecule has 0 spiro atoms. The van der Waals surface area contributed by atoms with Gasteiger partial charge in [-0.25, -0.2) is 4.79 Å². The molecular weight excluding hydrogens is 396 g/mol. The van der Waals surface area contributed by atoms with Crippen LogP contribution >= 0.6 is 27.5 Å². The minimum Gasteiger partial charge on any atom is -0.490 e. The van der Waals surface area contributed by atoms with Crippen LogP contribution in [0.15, 0.2) is 46.9 Å². The molecule has 0 aliphatic rings. The van der Waals surface area contributed by atoms with E-state index >= 15 is 0 Å². The fraction of sp³-hybridized carbons (Fsp3) is 0.167. The number of hydrogen-bond acceptors (Lipinski definition) is 3. The Kier molecular flexibility index (Phi) is 6.70. The molecule has 0 atom stereocenters. The smallest absolute Gasteiger partial charge is 0.328 e. The summed E-state index contributed by atoms with van der Waals surface area (Å²) < 4.78 is 12.2. The Bertz CT molecular complexity index is 759. The van der Waals surface area contributed by atoms with Crippen LogP contribution in [0, 0.1) is 0 Å². The number of hydrogen-bond donors (Lipinski definition) is 1. The third-order valence-electron chi connectivity index (χ3n) is 3.08. The first-order chi connectivity index (χ1) is 11.5. The number of ether oxygens (including phenoxy) is 2. The van der Waals surface area contributed by atoms with Crippen molar-refractivity contribution in [3.63, 3.8) is 0 Å². The molecule has 0 amide bonds. The topological polar surface area (TPSA) is 55.8 Å². The molecule has 1 N–H and O–H groups in total. The van der Waals surface area contributed by atoms with E-state index in [9.17, 15) is 4.79 Å². The largest absolute Gasteiger partial charge is 0.490 e. The maximum Gasteiger partial charge on any atom is 0.328 e. The van der Waals surface area contributed by atoms with E-state index in [1.807, 2.05) is 25.1 Å². The van der Waals surface area contributed by atoms with Crippen LogP contribution in [0.4, 0.5) is 0 Å². The molecule has 0 heterocycles. The van der Waals surface area contributed by atoms with Crippen molar-refractivity contribution in [1.82, 2.24) is 0 Å². The fourth-order valence-electron chi connectivity index (χ4n) is 2.02. The van der Waals surface area contributed by atoms with Crippen molar-refractivity contribution >= 4 is 39.6 Å². The minimum absolute atomic E-state index is 0.294. The third kappa shape index (κ3) is 5.01. The summed E-state index contributed by atoms with van der Waals surface area (Å²) in [6, 6.07) is 10.9. The molecule has 0 radical (unpaired) electrons. The van der Waals surface area contributed by atoms with Crippen molar-refractivity contribution in [1.29, 1.82) is 0 Å². The number of aliphatic carboxylic acids is 1. The highest BCUT2D eigenvalue weighted by atomic mass is 79.9. The zero-order valence-electron chi connectivity index (χ0n) is 13.0. The minimum atomic E-state index is -1.01. The van der Waals surface area contributed by atoms with Gasteiger partial charge in [0.25, 0.3) is 0 Å². The standard InChI is InChI=1S/C18H16BrClO4/c1-2-23-16-10-12(7-8-17(21)22)9-14(19)18(16)24-11-13-5-3-4-6-15(13)20/h3-10H,2,11H2,1H3,(H,21,22). The second-order valence-electron chi connectivity index (χ2n) is 4.81. The Hall–Kier alpha value is -1.98. The summed E-state index contributed by atoms with van der Waals surface area (Å²) in [7, 11) is 0. The van der Waals surface area contributed by atoms with Gasteiger partial charge in [0.15, 0.2) is 11.5 Å². The lowest BCUT2D eigenvalue weighted by Crippen LogP contribution is -2.01. The summed E-state index contributed by atoms with van der Waals surface area (Å²) in [6.45, 7) is 2.62. The van der Waals surface area contributed by atoms with Gasteiger partial charge in [-0.1, -0.05) is 29.8 Å². The number of benzene rings is 2. The second kappa shape index (κ2) is 8.76. The maximum atomic E-state index is 10.7. The second-order valence-corrected chi connectivity index (χ2v) is 6.08. The molecule has 0 saturated carbocycles. The molecule has 0 bridgehead atoms. The van der Waals surface area contributed by atoms with Crippen LogP contribution in [0.2, 0.25) is 5.02 Å². The molecule has 0 fully saturated rings. The summed E-state index contributed by atoms with van der Waals surface area (Å²) in [5.74, 6) is 0.0661. The average Bonchev–Trinajstić information content (AvgIpc) is 2.54. The number of carboxylic acids is 1. The zero-order valence-corrected chi connectivity index (χ0v) is 15.3. The van der Waals surface area contributed by atoms with E-state index in [2.05, 4.69) is 15.9 Å². The van der Waals surface area contributed by atoms with Crippen molar-refractivity contribution in [2.75, 3.05) is 6.61 Å². The SMILES string of the molecule is CCOc1cc(C=CC(=O)O)cc(Br)c1OCc1ccccc1Cl. The number of halogens is 2. The molecular formula is C18H16BrClO4. The molecule has 0 unspecified atom stereocenters. The van der Waals surface area contributed by atoms with Gasteiger partial charge in [0.1, 0.15) is 6.61 Å². The average molecular weight is 412 g/mol. The Morgan fingerprint density at radius 3 is 2.71 bits per heavy atom.